The molecular weight excluding hydrogens is 1110 g/mol. The summed E-state index contributed by atoms with van der Waals surface area (Å²) in [6.07, 6.45) is 77.9. The first kappa shape index (κ1) is 85.0. The van der Waals surface area contributed by atoms with Gasteiger partial charge in [0.25, 0.3) is 0 Å². The maximum Gasteiger partial charge on any atom is 0.306 e. The van der Waals surface area contributed by atoms with E-state index in [0.29, 0.717) is 25.7 Å². The number of aliphatic hydroxyl groups is 1. The van der Waals surface area contributed by atoms with Crippen molar-refractivity contribution in [3.05, 3.63) is 60.8 Å². The third-order valence-corrected chi connectivity index (χ3v) is 16.4. The second kappa shape index (κ2) is 71.5. The van der Waals surface area contributed by atoms with Crippen LogP contribution >= 0.6 is 0 Å². The molecule has 0 aliphatic carbocycles. The Hall–Kier alpha value is -3.99. The van der Waals surface area contributed by atoms with Crippen LogP contribution in [-0.4, -0.2) is 73.6 Å². The number of carbonyl (C=O) groups is 5. The van der Waals surface area contributed by atoms with E-state index in [0.717, 1.165) is 186 Å². The van der Waals surface area contributed by atoms with Gasteiger partial charge in [0, 0.05) is 32.1 Å². The highest BCUT2D eigenvalue weighted by atomic mass is 16.6. The number of hydrogen-bond donors (Lipinski definition) is 1. The Balaban J connectivity index is 4.27. The van der Waals surface area contributed by atoms with Crippen molar-refractivity contribution in [1.82, 2.24) is 0 Å². The van der Waals surface area contributed by atoms with E-state index in [4.69, 9.17) is 23.7 Å². The fourth-order valence-corrected chi connectivity index (χ4v) is 10.7. The lowest BCUT2D eigenvalue weighted by molar-refractivity contribution is -0.167. The number of carbonyl (C=O) groups excluding carboxylic acids is 5. The average molecular weight is 1250 g/mol. The summed E-state index contributed by atoms with van der Waals surface area (Å²) in [5.74, 6) is -1.65. The third kappa shape index (κ3) is 68.2. The van der Waals surface area contributed by atoms with Crippen molar-refractivity contribution in [3.8, 4) is 0 Å². The van der Waals surface area contributed by atoms with E-state index in [2.05, 4.69) is 81.5 Å². The van der Waals surface area contributed by atoms with Crippen LogP contribution in [0.15, 0.2) is 60.8 Å². The highest BCUT2D eigenvalue weighted by Crippen LogP contribution is 2.17. The molecule has 0 aliphatic heterocycles. The van der Waals surface area contributed by atoms with E-state index in [-0.39, 0.29) is 62.7 Å². The van der Waals surface area contributed by atoms with Gasteiger partial charge in [0.05, 0.1) is 6.61 Å². The molecule has 0 saturated carbocycles. The van der Waals surface area contributed by atoms with Gasteiger partial charge in [0.1, 0.15) is 19.8 Å². The average Bonchev–Trinajstić information content (AvgIpc) is 3.57. The third-order valence-electron chi connectivity index (χ3n) is 16.4. The Labute approximate surface area is 547 Å². The van der Waals surface area contributed by atoms with Crippen LogP contribution in [0.5, 0.6) is 0 Å². The van der Waals surface area contributed by atoms with Gasteiger partial charge in [-0.2, -0.15) is 0 Å². The number of ether oxygens (including phenoxy) is 5. The summed E-state index contributed by atoms with van der Waals surface area (Å²) in [6, 6.07) is 0. The van der Waals surface area contributed by atoms with Crippen LogP contribution in [0.2, 0.25) is 0 Å². The van der Waals surface area contributed by atoms with Crippen LogP contribution in [0.4, 0.5) is 0 Å². The Kier molecular flexibility index (Phi) is 68.2. The van der Waals surface area contributed by atoms with Crippen molar-refractivity contribution >= 4 is 29.8 Å². The van der Waals surface area contributed by atoms with E-state index in [1.54, 1.807) is 0 Å². The Bertz CT molecular complexity index is 1730. The van der Waals surface area contributed by atoms with Gasteiger partial charge in [-0.1, -0.05) is 274 Å². The molecule has 0 aromatic rings. The zero-order valence-corrected chi connectivity index (χ0v) is 58.0. The SMILES string of the molecule is CCCCC/C=C\C/C=C\CCCCCCCC(=O)OC(CO)COC(=O)CCCCCCC/C=C\CCCCCCCC(=O)OCC(COC(=O)CCCCCCCCCCCCCCCCC)OC(=O)CCCCCCC/C=C\C/C=C\CCCCC. The van der Waals surface area contributed by atoms with Gasteiger partial charge < -0.3 is 28.8 Å². The van der Waals surface area contributed by atoms with E-state index in [1.165, 1.54) is 128 Å². The summed E-state index contributed by atoms with van der Waals surface area (Å²) in [7, 11) is 0. The molecule has 0 aliphatic rings. The number of rotatable bonds is 69. The van der Waals surface area contributed by atoms with Crippen molar-refractivity contribution in [3.63, 3.8) is 0 Å². The van der Waals surface area contributed by atoms with E-state index >= 15 is 0 Å². The van der Waals surface area contributed by atoms with Crippen LogP contribution < -0.4 is 0 Å². The second-order valence-corrected chi connectivity index (χ2v) is 25.2. The molecule has 1 N–H and O–H groups in total. The van der Waals surface area contributed by atoms with Gasteiger partial charge in [0.2, 0.25) is 0 Å². The first-order valence-electron chi connectivity index (χ1n) is 37.5. The van der Waals surface area contributed by atoms with Crippen molar-refractivity contribution in [2.75, 3.05) is 26.4 Å². The van der Waals surface area contributed by atoms with E-state index in [1.807, 2.05) is 0 Å². The Morgan fingerprint density at radius 2 is 0.461 bits per heavy atom. The van der Waals surface area contributed by atoms with Gasteiger partial charge in [0.15, 0.2) is 12.2 Å². The minimum absolute atomic E-state index is 0.109. The number of aliphatic hydroxyl groups excluding tert-OH is 1. The summed E-state index contributed by atoms with van der Waals surface area (Å²) >= 11 is 0. The van der Waals surface area contributed by atoms with Gasteiger partial charge in [-0.25, -0.2) is 0 Å². The molecule has 11 nitrogen and oxygen atoms in total. The molecule has 0 aromatic heterocycles. The summed E-state index contributed by atoms with van der Waals surface area (Å²) < 4.78 is 27.6. The van der Waals surface area contributed by atoms with Crippen molar-refractivity contribution in [1.29, 1.82) is 0 Å². The van der Waals surface area contributed by atoms with Crippen LogP contribution in [0, 0.1) is 0 Å². The minimum atomic E-state index is -0.825. The Morgan fingerprint density at radius 3 is 0.742 bits per heavy atom. The lowest BCUT2D eigenvalue weighted by atomic mass is 10.0. The fraction of sp³-hybridized carbons (Fsp3) is 0.808. The zero-order chi connectivity index (χ0) is 64.7. The number of hydrogen-bond acceptors (Lipinski definition) is 11. The molecule has 2 atom stereocenters. The van der Waals surface area contributed by atoms with Crippen LogP contribution in [-0.2, 0) is 47.7 Å². The van der Waals surface area contributed by atoms with E-state index in [9.17, 15) is 29.1 Å². The van der Waals surface area contributed by atoms with Gasteiger partial charge in [-0.05, 0) is 122 Å². The Morgan fingerprint density at radius 1 is 0.258 bits per heavy atom. The molecule has 89 heavy (non-hydrogen) atoms. The molecule has 0 fully saturated rings. The lowest BCUT2D eigenvalue weighted by Gasteiger charge is -2.18. The van der Waals surface area contributed by atoms with Gasteiger partial charge in [-0.15, -0.1) is 0 Å². The van der Waals surface area contributed by atoms with Crippen LogP contribution in [0.1, 0.15) is 367 Å². The smallest absolute Gasteiger partial charge is 0.306 e. The van der Waals surface area contributed by atoms with E-state index < -0.39 is 12.2 Å². The van der Waals surface area contributed by atoms with Crippen LogP contribution in [0.25, 0.3) is 0 Å². The highest BCUT2D eigenvalue weighted by Gasteiger charge is 2.20. The summed E-state index contributed by atoms with van der Waals surface area (Å²) in [6.45, 7) is 6.02. The first-order valence-corrected chi connectivity index (χ1v) is 37.5. The molecule has 11 heteroatoms. The molecule has 0 rings (SSSR count). The highest BCUT2D eigenvalue weighted by molar-refractivity contribution is 5.71. The topological polar surface area (TPSA) is 152 Å². The first-order chi connectivity index (χ1) is 43.7. The van der Waals surface area contributed by atoms with Gasteiger partial charge >= 0.3 is 29.8 Å². The standard InChI is InChI=1S/C78H138O11/c1-4-7-10-13-16-19-22-25-28-33-38-44-49-54-59-64-75(81)86-70-73(89-78(84)67-62-57-52-47-42-37-30-27-24-21-18-15-12-9-6-3)71-87-76(82)65-60-55-50-45-40-35-32-31-34-39-43-48-53-58-63-74(80)85-69-72(68-79)88-77(83)66-61-56-51-46-41-36-29-26-23-20-17-14-11-8-5-2/h17-18,20-21,26-27,29-32,72-73,79H,4-16,19,22-25,28,33-71H2,1-3H3/b20-17-,21-18-,29-26-,30-27-,32-31-. The fourth-order valence-electron chi connectivity index (χ4n) is 10.7. The minimum Gasteiger partial charge on any atom is -0.462 e. The predicted octanol–water partition coefficient (Wildman–Crippen LogP) is 22.3. The quantitative estimate of drug-likeness (QED) is 0.0268. The molecule has 516 valence electrons. The lowest BCUT2D eigenvalue weighted by Crippen LogP contribution is -2.30. The second-order valence-electron chi connectivity index (χ2n) is 25.2. The molecule has 0 bridgehead atoms. The van der Waals surface area contributed by atoms with Gasteiger partial charge in [-0.3, -0.25) is 24.0 Å². The van der Waals surface area contributed by atoms with Crippen molar-refractivity contribution in [2.45, 2.75) is 380 Å². The monoisotopic (exact) mass is 1250 g/mol. The molecule has 0 heterocycles. The molecule has 0 spiro atoms. The number of allylic oxidation sites excluding steroid dienone is 10. The molecule has 0 radical (unpaired) electrons. The predicted molar refractivity (Wildman–Crippen MR) is 372 cm³/mol. The van der Waals surface area contributed by atoms with Crippen LogP contribution in [0.3, 0.4) is 0 Å². The molecule has 0 aromatic carbocycles. The maximum absolute atomic E-state index is 12.9. The summed E-state index contributed by atoms with van der Waals surface area (Å²) in [5.41, 5.74) is 0. The largest absolute Gasteiger partial charge is 0.462 e. The number of unbranched alkanes of at least 4 members (excludes halogenated alkanes) is 40. The maximum atomic E-state index is 12.9. The molecular formula is C78H138O11. The summed E-state index contributed by atoms with van der Waals surface area (Å²) in [4.78, 5) is 63.0. The molecule has 0 saturated heterocycles. The molecule has 2 unspecified atom stereocenters. The van der Waals surface area contributed by atoms with Crippen molar-refractivity contribution in [2.24, 2.45) is 0 Å². The van der Waals surface area contributed by atoms with Crippen molar-refractivity contribution < 1.29 is 52.8 Å². The summed E-state index contributed by atoms with van der Waals surface area (Å²) in [5, 5.41) is 9.68. The number of esters is 5. The normalized spacial score (nSPS) is 12.5. The molecule has 0 amide bonds. The zero-order valence-electron chi connectivity index (χ0n) is 58.0.